The number of benzene rings is 1. The van der Waals surface area contributed by atoms with Gasteiger partial charge in [0.1, 0.15) is 0 Å². The highest BCUT2D eigenvalue weighted by Crippen LogP contribution is 2.22. The molecule has 7 nitrogen and oxygen atoms in total. The van der Waals surface area contributed by atoms with Gasteiger partial charge in [0.25, 0.3) is 5.91 Å². The molecule has 1 aliphatic heterocycles. The number of carbonyl (C=O) groups excluding carboxylic acids is 2. The molecule has 0 radical (unpaired) electrons. The average Bonchev–Trinajstić information content (AvgIpc) is 2.75. The Labute approximate surface area is 172 Å². The molecule has 1 aliphatic carbocycles. The molecule has 1 saturated carbocycles. The van der Waals surface area contributed by atoms with E-state index >= 15 is 0 Å². The first-order valence-corrected chi connectivity index (χ1v) is 11.7. The van der Waals surface area contributed by atoms with E-state index in [1.54, 1.807) is 12.1 Å². The lowest BCUT2D eigenvalue weighted by molar-refractivity contribution is -0.117. The normalized spacial score (nSPS) is 19.4. The summed E-state index contributed by atoms with van der Waals surface area (Å²) < 4.78 is 27.2. The van der Waals surface area contributed by atoms with Crippen molar-refractivity contribution >= 4 is 21.8 Å². The van der Waals surface area contributed by atoms with Crippen LogP contribution in [-0.4, -0.2) is 49.7 Å². The highest BCUT2D eigenvalue weighted by Gasteiger charge is 2.30. The predicted molar refractivity (Wildman–Crippen MR) is 111 cm³/mol. The number of hydrogen-bond acceptors (Lipinski definition) is 4. The summed E-state index contributed by atoms with van der Waals surface area (Å²) in [6, 6.07) is 6.30. The number of rotatable bonds is 6. The third-order valence-electron chi connectivity index (χ3n) is 5.68. The second-order valence-electron chi connectivity index (χ2n) is 7.72. The molecule has 8 heteroatoms. The van der Waals surface area contributed by atoms with E-state index in [1.807, 2.05) is 0 Å². The van der Waals surface area contributed by atoms with Crippen molar-refractivity contribution < 1.29 is 18.0 Å². The van der Waals surface area contributed by atoms with E-state index in [4.69, 9.17) is 0 Å². The molecule has 1 aromatic rings. The van der Waals surface area contributed by atoms with Gasteiger partial charge in [-0.15, -0.1) is 0 Å². The number of hydrogen-bond donors (Lipinski definition) is 2. The van der Waals surface area contributed by atoms with Crippen molar-refractivity contribution in [3.8, 4) is 0 Å². The Morgan fingerprint density at radius 2 is 1.52 bits per heavy atom. The van der Waals surface area contributed by atoms with Crippen molar-refractivity contribution in [2.24, 2.45) is 0 Å². The summed E-state index contributed by atoms with van der Waals surface area (Å²) >= 11 is 0. The molecule has 0 unspecified atom stereocenters. The highest BCUT2D eigenvalue weighted by atomic mass is 32.2. The van der Waals surface area contributed by atoms with Gasteiger partial charge in [0.05, 0.1) is 4.90 Å². The fourth-order valence-corrected chi connectivity index (χ4v) is 5.41. The summed E-state index contributed by atoms with van der Waals surface area (Å²) in [5, 5.41) is 5.85. The second-order valence-corrected chi connectivity index (χ2v) is 9.66. The third kappa shape index (κ3) is 5.45. The summed E-state index contributed by atoms with van der Waals surface area (Å²) in [6.07, 6.45) is 7.82. The number of sulfonamides is 1. The molecule has 29 heavy (non-hydrogen) atoms. The Bertz CT molecular complexity index is 837. The van der Waals surface area contributed by atoms with Crippen LogP contribution in [0.2, 0.25) is 0 Å². The van der Waals surface area contributed by atoms with Crippen LogP contribution in [-0.2, 0) is 14.8 Å². The Kier molecular flexibility index (Phi) is 7.08. The number of nitrogens with zero attached hydrogens (tertiary/aromatic N) is 1. The van der Waals surface area contributed by atoms with Crippen LogP contribution < -0.4 is 10.6 Å². The lowest BCUT2D eigenvalue weighted by Gasteiger charge is -2.31. The van der Waals surface area contributed by atoms with Crippen LogP contribution >= 0.6 is 0 Å². The van der Waals surface area contributed by atoms with Crippen molar-refractivity contribution in [3.63, 3.8) is 0 Å². The lowest BCUT2D eigenvalue weighted by atomic mass is 9.95. The van der Waals surface area contributed by atoms with Crippen LogP contribution in [0.15, 0.2) is 41.8 Å². The summed E-state index contributed by atoms with van der Waals surface area (Å²) in [5.41, 5.74) is 0.473. The van der Waals surface area contributed by atoms with Crippen LogP contribution in [0.1, 0.15) is 55.3 Å². The number of nitrogens with one attached hydrogen (secondary N) is 2. The molecule has 0 atom stereocenters. The molecule has 2 N–H and O–H groups in total. The first-order chi connectivity index (χ1) is 13.9. The van der Waals surface area contributed by atoms with Crippen LogP contribution in [0, 0.1) is 0 Å². The molecule has 2 amide bonds. The maximum absolute atomic E-state index is 12.9. The van der Waals surface area contributed by atoms with Crippen LogP contribution in [0.25, 0.3) is 0 Å². The second kappa shape index (κ2) is 9.54. The monoisotopic (exact) mass is 419 g/mol. The molecule has 1 saturated heterocycles. The van der Waals surface area contributed by atoms with Gasteiger partial charge in [0, 0.05) is 30.7 Å². The molecule has 158 valence electrons. The largest absolute Gasteiger partial charge is 0.350 e. The number of piperidine rings is 1. The van der Waals surface area contributed by atoms with Gasteiger partial charge in [-0.05, 0) is 56.0 Å². The van der Waals surface area contributed by atoms with E-state index in [0.717, 1.165) is 25.7 Å². The zero-order valence-corrected chi connectivity index (χ0v) is 17.4. The first kappa shape index (κ1) is 21.5. The molecule has 1 aromatic carbocycles. The molecular weight excluding hydrogens is 390 g/mol. The molecule has 2 aliphatic rings. The van der Waals surface area contributed by atoms with E-state index in [9.17, 15) is 18.0 Å². The standard InChI is InChI=1S/C21H29N3O4S/c1-2-20(25)22-18-12-14-24(15-13-18)29(27,28)19-10-8-16(9-11-19)21(26)23-17-6-4-3-5-7-17/h2,8-11,17-18H,1,3-7,12-15H2,(H,22,25)(H,23,26). The Morgan fingerprint density at radius 1 is 0.931 bits per heavy atom. The summed E-state index contributed by atoms with van der Waals surface area (Å²) in [5.74, 6) is -0.395. The molecule has 0 aromatic heterocycles. The van der Waals surface area contributed by atoms with Crippen LogP contribution in [0.3, 0.4) is 0 Å². The minimum Gasteiger partial charge on any atom is -0.350 e. The number of amides is 2. The van der Waals surface area contributed by atoms with Gasteiger partial charge in [-0.1, -0.05) is 25.8 Å². The maximum atomic E-state index is 12.9. The lowest BCUT2D eigenvalue weighted by Crippen LogP contribution is -2.46. The van der Waals surface area contributed by atoms with Crippen molar-refractivity contribution in [2.45, 2.75) is 61.9 Å². The van der Waals surface area contributed by atoms with Crippen molar-refractivity contribution in [3.05, 3.63) is 42.5 Å². The zero-order valence-electron chi connectivity index (χ0n) is 16.6. The van der Waals surface area contributed by atoms with E-state index in [-0.39, 0.29) is 28.8 Å². The van der Waals surface area contributed by atoms with Crippen molar-refractivity contribution in [1.82, 2.24) is 14.9 Å². The maximum Gasteiger partial charge on any atom is 0.251 e. The van der Waals surface area contributed by atoms with E-state index in [2.05, 4.69) is 17.2 Å². The van der Waals surface area contributed by atoms with Crippen molar-refractivity contribution in [1.29, 1.82) is 0 Å². The van der Waals surface area contributed by atoms with E-state index in [0.29, 0.717) is 31.5 Å². The Balaban J connectivity index is 1.59. The Morgan fingerprint density at radius 3 is 2.10 bits per heavy atom. The quantitative estimate of drug-likeness (QED) is 0.691. The molecular formula is C21H29N3O4S. The first-order valence-electron chi connectivity index (χ1n) is 10.2. The van der Waals surface area contributed by atoms with Crippen LogP contribution in [0.4, 0.5) is 0 Å². The Hall–Kier alpha value is -2.19. The SMILES string of the molecule is C=CC(=O)NC1CCN(S(=O)(=O)c2ccc(C(=O)NC3CCCCC3)cc2)CC1. The minimum absolute atomic E-state index is 0.0437. The molecule has 0 bridgehead atoms. The third-order valence-corrected chi connectivity index (χ3v) is 7.59. The van der Waals surface area contributed by atoms with Gasteiger partial charge < -0.3 is 10.6 Å². The highest BCUT2D eigenvalue weighted by molar-refractivity contribution is 7.89. The summed E-state index contributed by atoms with van der Waals surface area (Å²) in [4.78, 5) is 24.0. The van der Waals surface area contributed by atoms with Gasteiger partial charge in [-0.25, -0.2) is 8.42 Å². The minimum atomic E-state index is -3.62. The molecule has 0 spiro atoms. The van der Waals surface area contributed by atoms with Gasteiger partial charge in [0.2, 0.25) is 15.9 Å². The smallest absolute Gasteiger partial charge is 0.251 e. The molecule has 1 heterocycles. The van der Waals surface area contributed by atoms with Gasteiger partial charge in [-0.3, -0.25) is 9.59 Å². The van der Waals surface area contributed by atoms with Crippen molar-refractivity contribution in [2.75, 3.05) is 13.1 Å². The summed E-state index contributed by atoms with van der Waals surface area (Å²) in [6.45, 7) is 4.11. The summed E-state index contributed by atoms with van der Waals surface area (Å²) in [7, 11) is -3.62. The fraction of sp³-hybridized carbons (Fsp3) is 0.524. The average molecular weight is 420 g/mol. The van der Waals surface area contributed by atoms with Crippen LogP contribution in [0.5, 0.6) is 0 Å². The molecule has 3 rings (SSSR count). The van der Waals surface area contributed by atoms with Gasteiger partial charge in [-0.2, -0.15) is 4.31 Å². The van der Waals surface area contributed by atoms with E-state index in [1.165, 1.54) is 28.9 Å². The zero-order chi connectivity index (χ0) is 20.9. The van der Waals surface area contributed by atoms with E-state index < -0.39 is 10.0 Å². The topological polar surface area (TPSA) is 95.6 Å². The molecule has 2 fully saturated rings. The van der Waals surface area contributed by atoms with Gasteiger partial charge in [0.15, 0.2) is 0 Å². The van der Waals surface area contributed by atoms with Gasteiger partial charge >= 0.3 is 0 Å². The number of carbonyl (C=O) groups is 2. The predicted octanol–water partition coefficient (Wildman–Crippen LogP) is 2.20. The fourth-order valence-electron chi connectivity index (χ4n) is 3.94.